The highest BCUT2D eigenvalue weighted by Gasteiger charge is 2.18. The van der Waals surface area contributed by atoms with Crippen molar-refractivity contribution >= 4 is 29.1 Å². The van der Waals surface area contributed by atoms with Crippen LogP contribution in [0.15, 0.2) is 48.5 Å². The van der Waals surface area contributed by atoms with Crippen LogP contribution in [0.4, 0.5) is 11.4 Å². The minimum Gasteiger partial charge on any atom is -0.378 e. The van der Waals surface area contributed by atoms with E-state index in [1.54, 1.807) is 53.4 Å². The van der Waals surface area contributed by atoms with E-state index in [1.165, 1.54) is 0 Å². The van der Waals surface area contributed by atoms with Crippen molar-refractivity contribution in [2.45, 2.75) is 0 Å². The van der Waals surface area contributed by atoms with Gasteiger partial charge in [-0.05, 0) is 30.3 Å². The van der Waals surface area contributed by atoms with Crippen molar-refractivity contribution in [3.05, 3.63) is 59.7 Å². The predicted molar refractivity (Wildman–Crippen MR) is 105 cm³/mol. The quantitative estimate of drug-likeness (QED) is 0.697. The summed E-state index contributed by atoms with van der Waals surface area (Å²) in [5, 5.41) is 5.65. The highest BCUT2D eigenvalue weighted by Crippen LogP contribution is 2.15. The third-order valence-corrected chi connectivity index (χ3v) is 4.32. The van der Waals surface area contributed by atoms with Gasteiger partial charge in [-0.25, -0.2) is 0 Å². The average molecular weight is 382 g/mol. The second kappa shape index (κ2) is 9.01. The molecule has 4 N–H and O–H groups in total. The molecule has 3 amide bonds. The zero-order valence-electron chi connectivity index (χ0n) is 15.3. The highest BCUT2D eigenvalue weighted by atomic mass is 16.5. The van der Waals surface area contributed by atoms with Gasteiger partial charge in [0, 0.05) is 30.0 Å². The van der Waals surface area contributed by atoms with Crippen molar-refractivity contribution < 1.29 is 19.1 Å². The molecule has 2 aromatic carbocycles. The number of benzene rings is 2. The van der Waals surface area contributed by atoms with Gasteiger partial charge in [0.05, 0.1) is 25.3 Å². The van der Waals surface area contributed by atoms with Crippen LogP contribution in [0.2, 0.25) is 0 Å². The van der Waals surface area contributed by atoms with Gasteiger partial charge < -0.3 is 26.0 Å². The molecule has 3 rings (SSSR count). The molecule has 1 saturated heterocycles. The first-order valence-corrected chi connectivity index (χ1v) is 8.94. The number of hydrogen-bond acceptors (Lipinski definition) is 5. The van der Waals surface area contributed by atoms with Crippen LogP contribution in [0.1, 0.15) is 20.7 Å². The van der Waals surface area contributed by atoms with Crippen LogP contribution < -0.4 is 16.4 Å². The van der Waals surface area contributed by atoms with Gasteiger partial charge in [0.1, 0.15) is 0 Å². The van der Waals surface area contributed by atoms with Crippen LogP contribution in [0.3, 0.4) is 0 Å². The number of ether oxygens (including phenoxy) is 1. The van der Waals surface area contributed by atoms with Gasteiger partial charge in [0.25, 0.3) is 11.8 Å². The minimum absolute atomic E-state index is 0.0497. The minimum atomic E-state index is -0.571. The Kier molecular flexibility index (Phi) is 6.23. The van der Waals surface area contributed by atoms with E-state index < -0.39 is 5.91 Å². The number of para-hydroxylation sites is 1. The molecule has 8 heteroatoms. The fraction of sp³-hybridized carbons (Fsp3) is 0.250. The van der Waals surface area contributed by atoms with E-state index in [4.69, 9.17) is 10.5 Å². The molecule has 1 aliphatic rings. The maximum atomic E-state index is 12.6. The number of rotatable bonds is 6. The molecule has 28 heavy (non-hydrogen) atoms. The van der Waals surface area contributed by atoms with Gasteiger partial charge in [-0.3, -0.25) is 14.4 Å². The first-order valence-electron chi connectivity index (χ1n) is 8.94. The summed E-state index contributed by atoms with van der Waals surface area (Å²) >= 11 is 0. The fourth-order valence-corrected chi connectivity index (χ4v) is 2.91. The summed E-state index contributed by atoms with van der Waals surface area (Å²) < 4.78 is 5.26. The molecule has 0 saturated carbocycles. The molecule has 0 unspecified atom stereocenters. The van der Waals surface area contributed by atoms with E-state index >= 15 is 0 Å². The van der Waals surface area contributed by atoms with Crippen molar-refractivity contribution in [3.8, 4) is 0 Å². The monoisotopic (exact) mass is 382 g/mol. The van der Waals surface area contributed by atoms with Crippen LogP contribution in [0.25, 0.3) is 0 Å². The molecule has 1 heterocycles. The van der Waals surface area contributed by atoms with Crippen LogP contribution in [0.5, 0.6) is 0 Å². The summed E-state index contributed by atoms with van der Waals surface area (Å²) in [7, 11) is 0. The number of hydrogen-bond donors (Lipinski definition) is 3. The van der Waals surface area contributed by atoms with E-state index in [9.17, 15) is 14.4 Å². The fourth-order valence-electron chi connectivity index (χ4n) is 2.91. The molecule has 0 aromatic heterocycles. The summed E-state index contributed by atoms with van der Waals surface area (Å²) in [4.78, 5) is 38.0. The van der Waals surface area contributed by atoms with Crippen molar-refractivity contribution in [3.63, 3.8) is 0 Å². The molecular formula is C20H22N4O4. The maximum Gasteiger partial charge on any atom is 0.254 e. The Morgan fingerprint density at radius 2 is 1.79 bits per heavy atom. The highest BCUT2D eigenvalue weighted by molar-refractivity contribution is 6.00. The average Bonchev–Trinajstić information content (AvgIpc) is 2.72. The maximum absolute atomic E-state index is 12.6. The third-order valence-electron chi connectivity index (χ3n) is 4.32. The smallest absolute Gasteiger partial charge is 0.254 e. The van der Waals surface area contributed by atoms with E-state index in [-0.39, 0.29) is 18.4 Å². The van der Waals surface area contributed by atoms with E-state index in [2.05, 4.69) is 10.6 Å². The Bertz CT molecular complexity index is 878. The summed E-state index contributed by atoms with van der Waals surface area (Å²) in [6, 6.07) is 13.5. The zero-order chi connectivity index (χ0) is 19.9. The van der Waals surface area contributed by atoms with E-state index in [0.717, 1.165) is 0 Å². The molecule has 2 aromatic rings. The standard InChI is InChI=1S/C20H22N4O4/c21-19(26)16-6-1-2-7-17(16)22-13-18(25)23-15-5-3-4-14(12-15)20(27)24-8-10-28-11-9-24/h1-7,12,22H,8-11,13H2,(H2,21,26)(H,23,25). The largest absolute Gasteiger partial charge is 0.378 e. The van der Waals surface area contributed by atoms with Gasteiger partial charge in [-0.1, -0.05) is 18.2 Å². The number of morpholine rings is 1. The molecule has 1 fully saturated rings. The van der Waals surface area contributed by atoms with Crippen molar-refractivity contribution in [1.29, 1.82) is 0 Å². The summed E-state index contributed by atoms with van der Waals surface area (Å²) in [6.07, 6.45) is 0. The van der Waals surface area contributed by atoms with Gasteiger partial charge >= 0.3 is 0 Å². The van der Waals surface area contributed by atoms with Gasteiger partial charge in [-0.2, -0.15) is 0 Å². The molecule has 1 aliphatic heterocycles. The molecule has 0 bridgehead atoms. The Morgan fingerprint density at radius 3 is 2.54 bits per heavy atom. The molecule has 0 radical (unpaired) electrons. The predicted octanol–water partition coefficient (Wildman–Crippen LogP) is 1.31. The van der Waals surface area contributed by atoms with Gasteiger partial charge in [0.15, 0.2) is 0 Å². The summed E-state index contributed by atoms with van der Waals surface area (Å²) in [6.45, 7) is 2.12. The summed E-state index contributed by atoms with van der Waals surface area (Å²) in [5.41, 5.74) is 7.16. The number of primary amides is 1. The molecule has 0 spiro atoms. The van der Waals surface area contributed by atoms with Crippen LogP contribution in [-0.2, 0) is 9.53 Å². The number of anilines is 2. The first kappa shape index (κ1) is 19.4. The Morgan fingerprint density at radius 1 is 1.04 bits per heavy atom. The van der Waals surface area contributed by atoms with Crippen LogP contribution in [0, 0.1) is 0 Å². The Balaban J connectivity index is 1.60. The lowest BCUT2D eigenvalue weighted by atomic mass is 10.1. The molecule has 8 nitrogen and oxygen atoms in total. The lowest BCUT2D eigenvalue weighted by molar-refractivity contribution is -0.114. The molecular weight excluding hydrogens is 360 g/mol. The van der Waals surface area contributed by atoms with Crippen molar-refractivity contribution in [2.75, 3.05) is 43.5 Å². The van der Waals surface area contributed by atoms with Crippen LogP contribution >= 0.6 is 0 Å². The van der Waals surface area contributed by atoms with Crippen molar-refractivity contribution in [1.82, 2.24) is 4.90 Å². The third kappa shape index (κ3) is 4.86. The summed E-state index contributed by atoms with van der Waals surface area (Å²) in [5.74, 6) is -0.971. The first-order chi connectivity index (χ1) is 13.5. The topological polar surface area (TPSA) is 114 Å². The Labute approximate surface area is 162 Å². The number of amides is 3. The van der Waals surface area contributed by atoms with E-state index in [1.807, 2.05) is 0 Å². The number of nitrogens with two attached hydrogens (primary N) is 1. The van der Waals surface area contributed by atoms with Gasteiger partial charge in [0.2, 0.25) is 5.91 Å². The lowest BCUT2D eigenvalue weighted by Crippen LogP contribution is -2.40. The normalized spacial score (nSPS) is 13.6. The second-order valence-corrected chi connectivity index (χ2v) is 6.30. The lowest BCUT2D eigenvalue weighted by Gasteiger charge is -2.27. The second-order valence-electron chi connectivity index (χ2n) is 6.30. The Hall–Kier alpha value is -3.39. The SMILES string of the molecule is NC(=O)c1ccccc1NCC(=O)Nc1cccc(C(=O)N2CCOCC2)c1. The number of carbonyl (C=O) groups excluding carboxylic acids is 3. The number of carbonyl (C=O) groups is 3. The molecule has 0 atom stereocenters. The van der Waals surface area contributed by atoms with Gasteiger partial charge in [-0.15, -0.1) is 0 Å². The molecule has 0 aliphatic carbocycles. The van der Waals surface area contributed by atoms with Crippen LogP contribution in [-0.4, -0.2) is 55.5 Å². The zero-order valence-corrected chi connectivity index (χ0v) is 15.3. The number of nitrogens with zero attached hydrogens (tertiary/aromatic N) is 1. The number of nitrogens with one attached hydrogen (secondary N) is 2. The molecule has 146 valence electrons. The van der Waals surface area contributed by atoms with Crippen molar-refractivity contribution in [2.24, 2.45) is 5.73 Å². The van der Waals surface area contributed by atoms with E-state index in [0.29, 0.717) is 48.8 Å².